The van der Waals surface area contributed by atoms with Crippen molar-refractivity contribution in [3.63, 3.8) is 0 Å². The molecule has 3 aromatic rings. The molecule has 0 radical (unpaired) electrons. The van der Waals surface area contributed by atoms with Crippen molar-refractivity contribution in [2.45, 2.75) is 10.6 Å². The third-order valence-corrected chi connectivity index (χ3v) is 4.29. The number of benzene rings is 3. The maximum absolute atomic E-state index is 7.13. The molecule has 0 heterocycles. The van der Waals surface area contributed by atoms with E-state index in [-0.39, 0.29) is 0 Å². The fraction of sp³-hybridized carbons (Fsp3) is 0.0500. The van der Waals surface area contributed by atoms with Crippen molar-refractivity contribution in [1.82, 2.24) is 0 Å². The highest BCUT2D eigenvalue weighted by molar-refractivity contribution is 7.98. The van der Waals surface area contributed by atoms with Crippen molar-refractivity contribution in [3.05, 3.63) is 90.5 Å². The predicted octanol–water partition coefficient (Wildman–Crippen LogP) is 5.66. The summed E-state index contributed by atoms with van der Waals surface area (Å²) in [5, 5.41) is 8.47. The number of nitrogens with zero attached hydrogens (tertiary/aromatic N) is 1. The standard InChI is InChI=1S/C19H16S.CHNS/c1-3-7-17(8-4-1)18-13-11-16(12-14-18)15-20-19-9-5-2-6-10-19;2-1-3/h1-14H,15H2;3H/p-1. The number of hydrogen-bond acceptors (Lipinski definition) is 3. The van der Waals surface area contributed by atoms with Crippen molar-refractivity contribution in [1.29, 1.82) is 5.26 Å². The molecule has 0 saturated heterocycles. The molecule has 1 nitrogen and oxygen atoms in total. The van der Waals surface area contributed by atoms with Crippen LogP contribution in [0.15, 0.2) is 89.8 Å². The van der Waals surface area contributed by atoms with E-state index in [1.165, 1.54) is 27.0 Å². The first-order chi connectivity index (χ1) is 11.3. The molecule has 0 amide bonds. The van der Waals surface area contributed by atoms with Gasteiger partial charge in [0.2, 0.25) is 0 Å². The van der Waals surface area contributed by atoms with Crippen LogP contribution in [0.5, 0.6) is 0 Å². The topological polar surface area (TPSA) is 23.8 Å². The van der Waals surface area contributed by atoms with Gasteiger partial charge in [-0.25, -0.2) is 5.26 Å². The molecule has 0 fully saturated rings. The van der Waals surface area contributed by atoms with Gasteiger partial charge in [-0.05, 0) is 28.8 Å². The van der Waals surface area contributed by atoms with Crippen LogP contribution in [0.4, 0.5) is 0 Å². The van der Waals surface area contributed by atoms with Crippen LogP contribution >= 0.6 is 11.8 Å². The molecule has 0 aliphatic carbocycles. The summed E-state index contributed by atoms with van der Waals surface area (Å²) in [4.78, 5) is 1.32. The average Bonchev–Trinajstić information content (AvgIpc) is 2.63. The van der Waals surface area contributed by atoms with Crippen LogP contribution < -0.4 is 0 Å². The van der Waals surface area contributed by atoms with Crippen molar-refractivity contribution in [2.75, 3.05) is 0 Å². The zero-order chi connectivity index (χ0) is 16.3. The van der Waals surface area contributed by atoms with Crippen LogP contribution in [0, 0.1) is 10.7 Å². The molecule has 0 aliphatic rings. The number of hydrogen-bond donors (Lipinski definition) is 0. The third kappa shape index (κ3) is 5.78. The van der Waals surface area contributed by atoms with E-state index in [2.05, 4.69) is 91.5 Å². The quantitative estimate of drug-likeness (QED) is 0.349. The predicted molar refractivity (Wildman–Crippen MR) is 101 cm³/mol. The van der Waals surface area contributed by atoms with Crippen molar-refractivity contribution in [2.24, 2.45) is 0 Å². The monoisotopic (exact) mass is 334 g/mol. The van der Waals surface area contributed by atoms with E-state index >= 15 is 0 Å². The fourth-order valence-electron chi connectivity index (χ4n) is 2.11. The highest BCUT2D eigenvalue weighted by Gasteiger charge is 1.98. The minimum atomic E-state index is 1.01. The van der Waals surface area contributed by atoms with E-state index in [1.807, 2.05) is 17.8 Å². The molecule has 0 spiro atoms. The molecule has 0 saturated carbocycles. The van der Waals surface area contributed by atoms with Crippen molar-refractivity contribution in [3.8, 4) is 16.5 Å². The summed E-state index contributed by atoms with van der Waals surface area (Å²) in [6.07, 6.45) is 0. The van der Waals surface area contributed by atoms with Crippen LogP contribution in [0.25, 0.3) is 11.1 Å². The molecule has 114 valence electrons. The summed E-state index contributed by atoms with van der Waals surface area (Å²) in [5.41, 5.74) is 3.91. The van der Waals surface area contributed by atoms with Crippen molar-refractivity contribution >= 4 is 24.4 Å². The van der Waals surface area contributed by atoms with Gasteiger partial charge in [-0.2, -0.15) is 0 Å². The maximum atomic E-state index is 7.13. The van der Waals surface area contributed by atoms with Crippen molar-refractivity contribution < 1.29 is 0 Å². The molecule has 0 aliphatic heterocycles. The van der Waals surface area contributed by atoms with Gasteiger partial charge >= 0.3 is 0 Å². The Balaban J connectivity index is 0.000000595. The molecule has 3 aromatic carbocycles. The smallest absolute Gasteiger partial charge is 0.0232 e. The number of thioether (sulfide) groups is 1. The summed E-state index contributed by atoms with van der Waals surface area (Å²) in [6.45, 7) is 0. The van der Waals surface area contributed by atoms with Crippen LogP contribution in [-0.4, -0.2) is 0 Å². The molecule has 0 bridgehead atoms. The Morgan fingerprint density at radius 1 is 0.739 bits per heavy atom. The van der Waals surface area contributed by atoms with Gasteiger partial charge in [0.05, 0.1) is 0 Å². The molecule has 0 aromatic heterocycles. The van der Waals surface area contributed by atoms with Crippen LogP contribution in [0.3, 0.4) is 0 Å². The highest BCUT2D eigenvalue weighted by Crippen LogP contribution is 2.24. The molecule has 3 heteroatoms. The van der Waals surface area contributed by atoms with Gasteiger partial charge < -0.3 is 12.6 Å². The largest absolute Gasteiger partial charge is 0.696 e. The van der Waals surface area contributed by atoms with E-state index in [1.54, 1.807) is 0 Å². The first-order valence-electron chi connectivity index (χ1n) is 7.17. The summed E-state index contributed by atoms with van der Waals surface area (Å²) in [5.74, 6) is 1.01. The van der Waals surface area contributed by atoms with Gasteiger partial charge in [0.25, 0.3) is 0 Å². The minimum Gasteiger partial charge on any atom is -0.696 e. The Kier molecular flexibility index (Phi) is 7.19. The van der Waals surface area contributed by atoms with Crippen LogP contribution in [0.1, 0.15) is 5.56 Å². The Labute approximate surface area is 147 Å². The van der Waals surface area contributed by atoms with E-state index < -0.39 is 0 Å². The van der Waals surface area contributed by atoms with Gasteiger partial charge in [-0.1, -0.05) is 78.2 Å². The molecule has 0 atom stereocenters. The summed E-state index contributed by atoms with van der Waals surface area (Å²) >= 11 is 5.57. The fourth-order valence-corrected chi connectivity index (χ4v) is 2.98. The lowest BCUT2D eigenvalue weighted by atomic mass is 10.0. The number of rotatable bonds is 4. The Bertz CT molecular complexity index is 732. The maximum Gasteiger partial charge on any atom is 0.0232 e. The van der Waals surface area contributed by atoms with Gasteiger partial charge in [0.1, 0.15) is 0 Å². The van der Waals surface area contributed by atoms with E-state index in [9.17, 15) is 0 Å². The van der Waals surface area contributed by atoms with Gasteiger partial charge in [0.15, 0.2) is 0 Å². The summed E-state index contributed by atoms with van der Waals surface area (Å²) in [7, 11) is 0. The molecular weight excluding hydrogens is 318 g/mol. The second kappa shape index (κ2) is 9.68. The molecular formula is C20H16NS2-. The summed E-state index contributed by atoms with van der Waals surface area (Å²) in [6, 6.07) is 29.9. The van der Waals surface area contributed by atoms with E-state index in [0.717, 1.165) is 5.75 Å². The third-order valence-electron chi connectivity index (χ3n) is 3.21. The Morgan fingerprint density at radius 3 is 1.78 bits per heavy atom. The Hall–Kier alpha value is -2.28. The molecule has 0 N–H and O–H groups in total. The normalized spacial score (nSPS) is 9.35. The van der Waals surface area contributed by atoms with Crippen LogP contribution in [0.2, 0.25) is 0 Å². The summed E-state index contributed by atoms with van der Waals surface area (Å²) < 4.78 is 0. The number of nitriles is 1. The zero-order valence-electron chi connectivity index (χ0n) is 12.6. The highest BCUT2D eigenvalue weighted by atomic mass is 32.2. The van der Waals surface area contributed by atoms with Crippen LogP contribution in [-0.2, 0) is 18.4 Å². The first-order valence-corrected chi connectivity index (χ1v) is 8.56. The average molecular weight is 334 g/mol. The van der Waals surface area contributed by atoms with Gasteiger partial charge in [0, 0.05) is 10.6 Å². The second-order valence-electron chi connectivity index (χ2n) is 4.76. The van der Waals surface area contributed by atoms with E-state index in [0.29, 0.717) is 0 Å². The molecule has 3 rings (SSSR count). The van der Waals surface area contributed by atoms with Gasteiger partial charge in [-0.3, -0.25) is 0 Å². The Morgan fingerprint density at radius 2 is 1.22 bits per heavy atom. The molecule has 0 unspecified atom stereocenters. The van der Waals surface area contributed by atoms with Gasteiger partial charge in [-0.15, -0.1) is 11.8 Å². The lowest BCUT2D eigenvalue weighted by Crippen LogP contribution is -1.82. The first kappa shape index (κ1) is 17.1. The SMILES string of the molecule is N#C[S-].c1ccc(SCc2ccc(-c3ccccc3)cc2)cc1. The van der Waals surface area contributed by atoms with E-state index in [4.69, 9.17) is 5.26 Å². The minimum absolute atomic E-state index is 1.01. The number of thiocyanates is 1. The second-order valence-corrected chi connectivity index (χ2v) is 5.99. The lowest BCUT2D eigenvalue weighted by molar-refractivity contribution is 1.38. The lowest BCUT2D eigenvalue weighted by Gasteiger charge is -2.05. The molecule has 23 heavy (non-hydrogen) atoms. The zero-order valence-corrected chi connectivity index (χ0v) is 14.2.